The molecule has 37 heavy (non-hydrogen) atoms. The Morgan fingerprint density at radius 1 is 0.838 bits per heavy atom. The van der Waals surface area contributed by atoms with Crippen LogP contribution in [0.2, 0.25) is 0 Å². The minimum atomic E-state index is -0.125. The second kappa shape index (κ2) is 11.3. The molecular weight excluding hydrogens is 637 g/mol. The average molecular weight is 662 g/mol. The van der Waals surface area contributed by atoms with E-state index in [2.05, 4.69) is 95.6 Å². The van der Waals surface area contributed by atoms with Crippen molar-refractivity contribution in [1.29, 1.82) is 0 Å². The summed E-state index contributed by atoms with van der Waals surface area (Å²) in [7, 11) is 0. The molecule has 1 N–H and O–H groups in total. The molecule has 0 saturated heterocycles. The molecular formula is C32H25IrN2O2-. The van der Waals surface area contributed by atoms with Crippen LogP contribution in [-0.4, -0.2) is 20.4 Å². The SMILES string of the molecule is CC(=O)/C=C(/C)O.[Ir].[c-]1ccccc1-c1nc2ccccc2c2c3ccccc3n(-c3ccccc3)c12. The second-order valence-corrected chi connectivity index (χ2v) is 8.56. The van der Waals surface area contributed by atoms with Crippen LogP contribution in [0.4, 0.5) is 0 Å². The first kappa shape index (κ1) is 26.0. The molecule has 0 aliphatic heterocycles. The third-order valence-corrected chi connectivity index (χ3v) is 5.90. The maximum atomic E-state index is 10.0. The second-order valence-electron chi connectivity index (χ2n) is 8.56. The number of carbonyl (C=O) groups is 1. The number of para-hydroxylation sites is 3. The van der Waals surface area contributed by atoms with Gasteiger partial charge in [-0.3, -0.25) is 9.78 Å². The van der Waals surface area contributed by atoms with Crippen LogP contribution in [0.5, 0.6) is 0 Å². The van der Waals surface area contributed by atoms with Gasteiger partial charge in [0.15, 0.2) is 5.78 Å². The van der Waals surface area contributed by atoms with Crippen LogP contribution >= 0.6 is 0 Å². The molecule has 0 atom stereocenters. The molecule has 0 fully saturated rings. The molecule has 6 aromatic rings. The Balaban J connectivity index is 0.000000356. The molecule has 0 saturated carbocycles. The van der Waals surface area contributed by atoms with Crippen molar-refractivity contribution in [1.82, 2.24) is 9.55 Å². The fourth-order valence-electron chi connectivity index (χ4n) is 4.56. The van der Waals surface area contributed by atoms with Crippen molar-refractivity contribution in [2.45, 2.75) is 13.8 Å². The standard InChI is InChI=1S/C27H17N2.C5H8O2.Ir/c1-3-11-19(12-4-1)26-27-25(21-15-7-9-17-23(21)28-26)22-16-8-10-18-24(22)29(27)20-13-5-2-6-14-20;1-4(6)3-5(2)7;/h1-11,13-18H;3,6H,1-2H3;/q-1;;/b;4-3-;. The number of aromatic nitrogens is 2. The Morgan fingerprint density at radius 2 is 1.49 bits per heavy atom. The maximum Gasteiger partial charge on any atom is 0.155 e. The number of aliphatic hydroxyl groups excluding tert-OH is 1. The summed E-state index contributed by atoms with van der Waals surface area (Å²) in [5.74, 6) is -0.0625. The third-order valence-electron chi connectivity index (χ3n) is 5.90. The van der Waals surface area contributed by atoms with Gasteiger partial charge in [-0.2, -0.15) is 0 Å². The first-order chi connectivity index (χ1) is 17.5. The van der Waals surface area contributed by atoms with Gasteiger partial charge >= 0.3 is 0 Å². The van der Waals surface area contributed by atoms with Gasteiger partial charge in [0.25, 0.3) is 0 Å². The van der Waals surface area contributed by atoms with Gasteiger partial charge in [-0.15, -0.1) is 35.9 Å². The molecule has 1 radical (unpaired) electrons. The minimum Gasteiger partial charge on any atom is -0.512 e. The quantitative estimate of drug-likeness (QED) is 0.120. The molecule has 2 aromatic heterocycles. The van der Waals surface area contributed by atoms with E-state index in [4.69, 9.17) is 10.1 Å². The summed E-state index contributed by atoms with van der Waals surface area (Å²) in [6, 6.07) is 39.0. The molecule has 6 rings (SSSR count). The van der Waals surface area contributed by atoms with Crippen LogP contribution in [-0.2, 0) is 24.9 Å². The number of allylic oxidation sites excluding steroid dienone is 2. The van der Waals surface area contributed by atoms with Crippen LogP contribution in [0.1, 0.15) is 13.8 Å². The number of rotatable bonds is 3. The third kappa shape index (κ3) is 5.24. The van der Waals surface area contributed by atoms with Gasteiger partial charge in [-0.25, -0.2) is 0 Å². The first-order valence-corrected chi connectivity index (χ1v) is 11.8. The normalized spacial score (nSPS) is 11.1. The Bertz CT molecular complexity index is 1720. The molecule has 0 spiro atoms. The van der Waals surface area contributed by atoms with E-state index in [0.29, 0.717) is 0 Å². The smallest absolute Gasteiger partial charge is 0.155 e. The van der Waals surface area contributed by atoms with E-state index in [0.717, 1.165) is 28.0 Å². The molecule has 5 heteroatoms. The Labute approximate surface area is 229 Å². The Kier molecular flexibility index (Phi) is 7.98. The van der Waals surface area contributed by atoms with Gasteiger partial charge in [0, 0.05) is 59.2 Å². The first-order valence-electron chi connectivity index (χ1n) is 11.8. The van der Waals surface area contributed by atoms with Gasteiger partial charge in [0.1, 0.15) is 0 Å². The zero-order valence-corrected chi connectivity index (χ0v) is 22.9. The number of carbonyl (C=O) groups excluding carboxylic acids is 1. The van der Waals surface area contributed by atoms with Crippen LogP contribution in [0, 0.1) is 6.07 Å². The van der Waals surface area contributed by atoms with Crippen molar-refractivity contribution in [2.75, 3.05) is 0 Å². The monoisotopic (exact) mass is 662 g/mol. The van der Waals surface area contributed by atoms with E-state index in [1.54, 1.807) is 0 Å². The molecule has 0 aliphatic carbocycles. The number of nitrogens with zero attached hydrogens (tertiary/aromatic N) is 2. The number of ketones is 1. The fourth-order valence-corrected chi connectivity index (χ4v) is 4.56. The van der Waals surface area contributed by atoms with Gasteiger partial charge in [-0.05, 0) is 38.1 Å². The maximum absolute atomic E-state index is 10.0. The topological polar surface area (TPSA) is 55.1 Å². The van der Waals surface area contributed by atoms with Gasteiger partial charge in [0.2, 0.25) is 0 Å². The van der Waals surface area contributed by atoms with Gasteiger partial charge in [-0.1, -0.05) is 54.6 Å². The van der Waals surface area contributed by atoms with Crippen LogP contribution < -0.4 is 0 Å². The van der Waals surface area contributed by atoms with Gasteiger partial charge in [0.05, 0.1) is 16.8 Å². The Hall–Kier alpha value is -4.05. The van der Waals surface area contributed by atoms with E-state index in [9.17, 15) is 4.79 Å². The van der Waals surface area contributed by atoms with E-state index in [1.165, 1.54) is 41.6 Å². The van der Waals surface area contributed by atoms with Gasteiger partial charge < -0.3 is 9.67 Å². The number of hydrogen-bond donors (Lipinski definition) is 1. The molecule has 0 amide bonds. The van der Waals surface area contributed by atoms with Crippen LogP contribution in [0.3, 0.4) is 0 Å². The van der Waals surface area contributed by atoms with Crippen molar-refractivity contribution >= 4 is 38.5 Å². The predicted octanol–water partition coefficient (Wildman–Crippen LogP) is 7.83. The zero-order valence-electron chi connectivity index (χ0n) is 20.5. The van der Waals surface area contributed by atoms with E-state index >= 15 is 0 Å². The van der Waals surface area contributed by atoms with Crippen LogP contribution in [0.25, 0.3) is 49.7 Å². The number of pyridine rings is 1. The van der Waals surface area contributed by atoms with Crippen molar-refractivity contribution in [3.63, 3.8) is 0 Å². The van der Waals surface area contributed by atoms with E-state index < -0.39 is 0 Å². The number of benzene rings is 4. The summed E-state index contributed by atoms with van der Waals surface area (Å²) < 4.78 is 2.33. The molecule has 0 bridgehead atoms. The van der Waals surface area contributed by atoms with E-state index in [1.807, 2.05) is 18.2 Å². The van der Waals surface area contributed by atoms with Crippen LogP contribution in [0.15, 0.2) is 115 Å². The van der Waals surface area contributed by atoms with E-state index in [-0.39, 0.29) is 31.6 Å². The van der Waals surface area contributed by atoms with Crippen molar-refractivity contribution in [3.05, 3.63) is 121 Å². The summed E-state index contributed by atoms with van der Waals surface area (Å²) in [5, 5.41) is 12.0. The fraction of sp³-hybridized carbons (Fsp3) is 0.0625. The number of aliphatic hydroxyl groups is 1. The van der Waals surface area contributed by atoms with Crippen molar-refractivity contribution < 1.29 is 30.0 Å². The predicted molar refractivity (Wildman–Crippen MR) is 147 cm³/mol. The Morgan fingerprint density at radius 3 is 2.14 bits per heavy atom. The molecule has 185 valence electrons. The van der Waals surface area contributed by atoms with Crippen molar-refractivity contribution in [2.24, 2.45) is 0 Å². The zero-order chi connectivity index (χ0) is 25.1. The summed E-state index contributed by atoms with van der Waals surface area (Å²) in [4.78, 5) is 15.1. The summed E-state index contributed by atoms with van der Waals surface area (Å²) >= 11 is 0. The minimum absolute atomic E-state index is 0. The van der Waals surface area contributed by atoms with Crippen molar-refractivity contribution in [3.8, 4) is 16.9 Å². The molecule has 4 aromatic carbocycles. The molecule has 0 unspecified atom stereocenters. The summed E-state index contributed by atoms with van der Waals surface area (Å²) in [6.45, 7) is 2.85. The summed E-state index contributed by atoms with van der Waals surface area (Å²) in [5.41, 5.74) is 6.40. The average Bonchev–Trinajstić information content (AvgIpc) is 3.24. The summed E-state index contributed by atoms with van der Waals surface area (Å²) in [6.07, 6.45) is 1.17. The number of fused-ring (bicyclic) bond motifs is 5. The molecule has 2 heterocycles. The molecule has 0 aliphatic rings. The number of hydrogen-bond acceptors (Lipinski definition) is 3. The largest absolute Gasteiger partial charge is 0.512 e. The molecule has 4 nitrogen and oxygen atoms in total.